The van der Waals surface area contributed by atoms with E-state index in [1.54, 1.807) is 66.9 Å². The summed E-state index contributed by atoms with van der Waals surface area (Å²) in [5, 5.41) is 4.88. The number of carbonyl (C=O) groups excluding carboxylic acids is 2. The van der Waals surface area contributed by atoms with Crippen LogP contribution in [0, 0.1) is 0 Å². The van der Waals surface area contributed by atoms with Crippen LogP contribution in [0.2, 0.25) is 0 Å². The second-order valence-corrected chi connectivity index (χ2v) is 12.3. The highest BCUT2D eigenvalue weighted by Gasteiger charge is 2.49. The van der Waals surface area contributed by atoms with E-state index in [1.807, 2.05) is 36.2 Å². The molecule has 1 aliphatic rings. The summed E-state index contributed by atoms with van der Waals surface area (Å²) in [7, 11) is 1.82. The van der Waals surface area contributed by atoms with E-state index < -0.39 is 41.7 Å². The Kier molecular flexibility index (Phi) is 9.61. The summed E-state index contributed by atoms with van der Waals surface area (Å²) in [5.74, 6) is -0.953. The van der Waals surface area contributed by atoms with Crippen LogP contribution in [0.25, 0.3) is 22.3 Å². The van der Waals surface area contributed by atoms with Crippen LogP contribution >= 0.6 is 0 Å². The molecule has 12 heteroatoms. The number of rotatable bonds is 10. The Balaban J connectivity index is 1.15. The maximum atomic E-state index is 13.8. The van der Waals surface area contributed by atoms with Crippen molar-refractivity contribution in [3.05, 3.63) is 138 Å². The summed E-state index contributed by atoms with van der Waals surface area (Å²) in [5.41, 5.74) is 2.69. The fourth-order valence-corrected chi connectivity index (χ4v) is 6.64. The molecule has 0 radical (unpaired) electrons. The molecular weight excluding hydrogens is 670 g/mol. The van der Waals surface area contributed by atoms with E-state index in [-0.39, 0.29) is 17.8 Å². The molecular formula is C39H32F6N4O2. The number of alkyl halides is 6. The van der Waals surface area contributed by atoms with Gasteiger partial charge in [0.15, 0.2) is 0 Å². The molecule has 0 saturated carbocycles. The molecule has 1 aliphatic carbocycles. The molecule has 0 aliphatic heterocycles. The van der Waals surface area contributed by atoms with E-state index in [1.165, 1.54) is 12.1 Å². The number of amides is 2. The molecule has 0 atom stereocenters. The van der Waals surface area contributed by atoms with Crippen molar-refractivity contribution in [2.45, 2.75) is 30.6 Å². The lowest BCUT2D eigenvalue weighted by Gasteiger charge is -2.32. The van der Waals surface area contributed by atoms with E-state index in [0.717, 1.165) is 23.3 Å². The van der Waals surface area contributed by atoms with Gasteiger partial charge in [-0.15, -0.1) is 0 Å². The lowest BCUT2D eigenvalue weighted by Crippen LogP contribution is -2.47. The van der Waals surface area contributed by atoms with Crippen LogP contribution in [-0.2, 0) is 16.4 Å². The van der Waals surface area contributed by atoms with Gasteiger partial charge >= 0.3 is 12.4 Å². The van der Waals surface area contributed by atoms with Crippen LogP contribution in [0.4, 0.5) is 37.8 Å². The molecule has 0 saturated heterocycles. The average molecular weight is 703 g/mol. The molecule has 0 spiro atoms. The fourth-order valence-electron chi connectivity index (χ4n) is 6.64. The molecule has 0 unspecified atom stereocenters. The van der Waals surface area contributed by atoms with Crippen molar-refractivity contribution in [1.82, 2.24) is 10.3 Å². The number of fused-ring (bicyclic) bond motifs is 3. The summed E-state index contributed by atoms with van der Waals surface area (Å²) in [4.78, 5) is 33.3. The third-order valence-corrected chi connectivity index (χ3v) is 9.07. The quantitative estimate of drug-likeness (QED) is 0.143. The summed E-state index contributed by atoms with van der Waals surface area (Å²) < 4.78 is 78.8. The van der Waals surface area contributed by atoms with Crippen molar-refractivity contribution in [3.8, 4) is 22.3 Å². The van der Waals surface area contributed by atoms with Gasteiger partial charge in [-0.05, 0) is 76.6 Å². The van der Waals surface area contributed by atoms with Crippen molar-refractivity contribution in [2.24, 2.45) is 0 Å². The van der Waals surface area contributed by atoms with Gasteiger partial charge in [0.2, 0.25) is 5.91 Å². The lowest BCUT2D eigenvalue weighted by atomic mass is 9.73. The molecule has 1 heterocycles. The van der Waals surface area contributed by atoms with Crippen molar-refractivity contribution < 1.29 is 35.9 Å². The second kappa shape index (κ2) is 13.9. The predicted molar refractivity (Wildman–Crippen MR) is 183 cm³/mol. The minimum absolute atomic E-state index is 0.245. The first-order valence-corrected chi connectivity index (χ1v) is 16.1. The van der Waals surface area contributed by atoms with E-state index in [2.05, 4.69) is 15.6 Å². The topological polar surface area (TPSA) is 74.3 Å². The molecule has 6 rings (SSSR count). The monoisotopic (exact) mass is 702 g/mol. The fraction of sp³-hybridized carbons (Fsp3) is 0.205. The highest BCUT2D eigenvalue weighted by molar-refractivity contribution is 6.08. The first-order chi connectivity index (χ1) is 24.3. The van der Waals surface area contributed by atoms with E-state index in [4.69, 9.17) is 0 Å². The second-order valence-electron chi connectivity index (χ2n) is 12.3. The number of pyridine rings is 1. The predicted octanol–water partition coefficient (Wildman–Crippen LogP) is 8.88. The van der Waals surface area contributed by atoms with E-state index in [0.29, 0.717) is 40.9 Å². The number of halogens is 6. The van der Waals surface area contributed by atoms with Crippen LogP contribution in [0.3, 0.4) is 0 Å². The summed E-state index contributed by atoms with van der Waals surface area (Å²) in [6, 6.07) is 29.1. The highest BCUT2D eigenvalue weighted by Crippen LogP contribution is 2.51. The number of hydrogen-bond acceptors (Lipinski definition) is 4. The maximum absolute atomic E-state index is 13.8. The van der Waals surface area contributed by atoms with Gasteiger partial charge in [0.1, 0.15) is 17.8 Å². The Bertz CT molecular complexity index is 2000. The number of aromatic nitrogens is 1. The number of benzene rings is 4. The summed E-state index contributed by atoms with van der Waals surface area (Å²) in [6.07, 6.45) is -6.80. The van der Waals surface area contributed by atoms with Crippen LogP contribution in [-0.4, -0.2) is 43.1 Å². The Hall–Kier alpha value is -5.65. The van der Waals surface area contributed by atoms with Gasteiger partial charge < -0.3 is 15.5 Å². The molecule has 51 heavy (non-hydrogen) atoms. The van der Waals surface area contributed by atoms with Crippen LogP contribution in [0.1, 0.15) is 39.9 Å². The first kappa shape index (κ1) is 35.2. The molecule has 1 aromatic heterocycles. The van der Waals surface area contributed by atoms with Gasteiger partial charge in [0.05, 0.1) is 17.4 Å². The van der Waals surface area contributed by atoms with Crippen molar-refractivity contribution >= 4 is 23.3 Å². The standard InChI is InChI=1S/C39H32F6N4O2/c1-49(22-8-21-37(36(51)47-24-38(40,41)42)32-13-6-4-10-29(32)30-11-5-7-14-33(30)37)27-19-20-34(46-23-27)48-35(50)31-12-3-2-9-28(31)25-15-17-26(18-16-25)39(43,44)45/h2-7,9-20,23H,8,21-22,24H2,1H3,(H,47,51)(H,46,48,50). The lowest BCUT2D eigenvalue weighted by molar-refractivity contribution is -0.141. The molecule has 262 valence electrons. The molecule has 5 aromatic rings. The molecule has 2 N–H and O–H groups in total. The van der Waals surface area contributed by atoms with E-state index in [9.17, 15) is 35.9 Å². The SMILES string of the molecule is CN(CCCC1(C(=O)NCC(F)(F)F)c2ccccc2-c2ccccc21)c1ccc(NC(=O)c2ccccc2-c2ccc(C(F)(F)F)cc2)nc1. The third kappa shape index (κ3) is 7.30. The smallest absolute Gasteiger partial charge is 0.373 e. The Morgan fingerprint density at radius 2 is 1.33 bits per heavy atom. The Labute approximate surface area is 290 Å². The van der Waals surface area contributed by atoms with Gasteiger partial charge in [-0.25, -0.2) is 4.98 Å². The number of nitrogens with one attached hydrogen (secondary N) is 2. The largest absolute Gasteiger partial charge is 0.416 e. The molecule has 4 aromatic carbocycles. The molecule has 6 nitrogen and oxygen atoms in total. The minimum Gasteiger partial charge on any atom is -0.373 e. The van der Waals surface area contributed by atoms with Gasteiger partial charge in [-0.1, -0.05) is 78.9 Å². The number of nitrogens with zero attached hydrogens (tertiary/aromatic N) is 2. The highest BCUT2D eigenvalue weighted by atomic mass is 19.4. The normalized spacial score (nSPS) is 13.2. The average Bonchev–Trinajstić information content (AvgIpc) is 3.40. The van der Waals surface area contributed by atoms with Crippen molar-refractivity contribution in [1.29, 1.82) is 0 Å². The summed E-state index contributed by atoms with van der Waals surface area (Å²) >= 11 is 0. The van der Waals surface area contributed by atoms with Gasteiger partial charge in [0.25, 0.3) is 5.91 Å². The zero-order valence-electron chi connectivity index (χ0n) is 27.3. The van der Waals surface area contributed by atoms with Gasteiger partial charge in [-0.2, -0.15) is 26.3 Å². The van der Waals surface area contributed by atoms with Crippen molar-refractivity contribution in [2.75, 3.05) is 30.4 Å². The molecule has 0 fully saturated rings. The number of hydrogen-bond donors (Lipinski definition) is 2. The van der Waals surface area contributed by atoms with E-state index >= 15 is 0 Å². The maximum Gasteiger partial charge on any atom is 0.416 e. The molecule has 2 amide bonds. The number of carbonyl (C=O) groups is 2. The van der Waals surface area contributed by atoms with Gasteiger partial charge in [-0.3, -0.25) is 9.59 Å². The van der Waals surface area contributed by atoms with Crippen LogP contribution in [0.15, 0.2) is 115 Å². The Morgan fingerprint density at radius 1 is 0.745 bits per heavy atom. The molecule has 0 bridgehead atoms. The van der Waals surface area contributed by atoms with Crippen LogP contribution in [0.5, 0.6) is 0 Å². The zero-order chi connectivity index (χ0) is 36.4. The van der Waals surface area contributed by atoms with Crippen molar-refractivity contribution in [3.63, 3.8) is 0 Å². The third-order valence-electron chi connectivity index (χ3n) is 9.07. The number of anilines is 2. The first-order valence-electron chi connectivity index (χ1n) is 16.1. The van der Waals surface area contributed by atoms with Gasteiger partial charge in [0, 0.05) is 19.2 Å². The Morgan fingerprint density at radius 3 is 1.90 bits per heavy atom. The zero-order valence-corrected chi connectivity index (χ0v) is 27.3. The minimum atomic E-state index is -4.57. The summed E-state index contributed by atoms with van der Waals surface area (Å²) in [6.45, 7) is -1.00. The van der Waals surface area contributed by atoms with Crippen LogP contribution < -0.4 is 15.5 Å².